The Bertz CT molecular complexity index is 1150. The molecule has 1 aliphatic rings. The fourth-order valence-electron chi connectivity index (χ4n) is 3.82. The highest BCUT2D eigenvalue weighted by molar-refractivity contribution is 7.16. The smallest absolute Gasteiger partial charge is 0.227 e. The Morgan fingerprint density at radius 1 is 1.04 bits per heavy atom. The van der Waals surface area contributed by atoms with E-state index in [1.54, 1.807) is 17.5 Å². The summed E-state index contributed by atoms with van der Waals surface area (Å²) in [5, 5.41) is 4.09. The average Bonchev–Trinajstić information content (AvgIpc) is 3.21. The van der Waals surface area contributed by atoms with E-state index in [-0.39, 0.29) is 11.8 Å². The number of benzene rings is 2. The third-order valence-electron chi connectivity index (χ3n) is 5.40. The molecule has 1 fully saturated rings. The Morgan fingerprint density at radius 2 is 1.89 bits per heavy atom. The van der Waals surface area contributed by atoms with Crippen LogP contribution in [0.5, 0.6) is 0 Å². The molecule has 6 heteroatoms. The first-order valence-corrected chi connectivity index (χ1v) is 10.4. The number of para-hydroxylation sites is 1. The molecule has 4 aromatic rings. The van der Waals surface area contributed by atoms with Gasteiger partial charge in [-0.25, -0.2) is 4.98 Å². The quantitative estimate of drug-likeness (QED) is 0.553. The first-order chi connectivity index (χ1) is 13.8. The lowest BCUT2D eigenvalue weighted by Crippen LogP contribution is -2.38. The van der Waals surface area contributed by atoms with Gasteiger partial charge in [-0.3, -0.25) is 9.78 Å². The summed E-state index contributed by atoms with van der Waals surface area (Å²) >= 11 is 1.67. The van der Waals surface area contributed by atoms with Crippen molar-refractivity contribution in [3.63, 3.8) is 0 Å². The number of nitrogens with one attached hydrogen (secondary N) is 1. The van der Waals surface area contributed by atoms with Gasteiger partial charge in [0.25, 0.3) is 0 Å². The van der Waals surface area contributed by atoms with Crippen LogP contribution < -0.4 is 10.2 Å². The minimum Gasteiger partial charge on any atom is -0.371 e. The van der Waals surface area contributed by atoms with Gasteiger partial charge in [0, 0.05) is 30.1 Å². The zero-order valence-corrected chi connectivity index (χ0v) is 16.2. The van der Waals surface area contributed by atoms with Crippen molar-refractivity contribution in [2.24, 2.45) is 5.92 Å². The van der Waals surface area contributed by atoms with E-state index >= 15 is 0 Å². The van der Waals surface area contributed by atoms with Gasteiger partial charge in [-0.15, -0.1) is 11.3 Å². The van der Waals surface area contributed by atoms with Crippen molar-refractivity contribution in [1.82, 2.24) is 9.97 Å². The van der Waals surface area contributed by atoms with Gasteiger partial charge < -0.3 is 10.2 Å². The van der Waals surface area contributed by atoms with E-state index in [1.165, 1.54) is 10.4 Å². The van der Waals surface area contributed by atoms with Crippen molar-refractivity contribution >= 4 is 49.7 Å². The molecule has 0 aliphatic carbocycles. The van der Waals surface area contributed by atoms with Gasteiger partial charge in [-0.2, -0.15) is 0 Å². The molecule has 2 aromatic heterocycles. The summed E-state index contributed by atoms with van der Waals surface area (Å²) in [6, 6.07) is 16.3. The number of hydrogen-bond acceptors (Lipinski definition) is 5. The third kappa shape index (κ3) is 3.31. The maximum Gasteiger partial charge on any atom is 0.227 e. The lowest BCUT2D eigenvalue weighted by Gasteiger charge is -2.33. The Balaban J connectivity index is 1.23. The molecule has 1 aliphatic heterocycles. The largest absolute Gasteiger partial charge is 0.371 e. The van der Waals surface area contributed by atoms with Crippen LogP contribution in [-0.4, -0.2) is 29.0 Å². The zero-order chi connectivity index (χ0) is 18.9. The predicted octanol–water partition coefficient (Wildman–Crippen LogP) is 4.70. The van der Waals surface area contributed by atoms with E-state index in [0.717, 1.165) is 48.0 Å². The molecule has 5 rings (SSSR count). The van der Waals surface area contributed by atoms with E-state index in [9.17, 15) is 4.79 Å². The normalized spacial score (nSPS) is 15.2. The number of anilines is 2. The highest BCUT2D eigenvalue weighted by Crippen LogP contribution is 2.28. The molecule has 0 radical (unpaired) electrons. The van der Waals surface area contributed by atoms with Crippen molar-refractivity contribution < 1.29 is 4.79 Å². The minimum atomic E-state index is 0.0369. The molecular formula is C22H20N4OS. The van der Waals surface area contributed by atoms with Gasteiger partial charge in [0.05, 0.1) is 33.1 Å². The Kier molecular flexibility index (Phi) is 4.41. The van der Waals surface area contributed by atoms with Gasteiger partial charge in [0.2, 0.25) is 5.91 Å². The number of amides is 1. The summed E-state index contributed by atoms with van der Waals surface area (Å²) < 4.78 is 1.21. The maximum absolute atomic E-state index is 12.7. The summed E-state index contributed by atoms with van der Waals surface area (Å²) in [7, 11) is 0. The first-order valence-electron chi connectivity index (χ1n) is 9.50. The lowest BCUT2D eigenvalue weighted by molar-refractivity contribution is -0.120. The van der Waals surface area contributed by atoms with E-state index in [2.05, 4.69) is 38.4 Å². The number of aromatic nitrogens is 2. The molecule has 0 unspecified atom stereocenters. The van der Waals surface area contributed by atoms with Gasteiger partial charge in [-0.05, 0) is 43.2 Å². The molecule has 3 heterocycles. The van der Waals surface area contributed by atoms with Crippen molar-refractivity contribution in [1.29, 1.82) is 0 Å². The molecule has 1 saturated heterocycles. The molecule has 0 spiro atoms. The molecular weight excluding hydrogens is 368 g/mol. The van der Waals surface area contributed by atoms with Crippen LogP contribution >= 0.6 is 11.3 Å². The number of carbonyl (C=O) groups excluding carboxylic acids is 1. The molecule has 1 amide bonds. The van der Waals surface area contributed by atoms with Crippen molar-refractivity contribution in [3.05, 3.63) is 60.2 Å². The zero-order valence-electron chi connectivity index (χ0n) is 15.3. The van der Waals surface area contributed by atoms with Gasteiger partial charge >= 0.3 is 0 Å². The summed E-state index contributed by atoms with van der Waals surface area (Å²) in [5.41, 5.74) is 5.85. The number of carbonyl (C=O) groups is 1. The van der Waals surface area contributed by atoms with E-state index < -0.39 is 0 Å². The van der Waals surface area contributed by atoms with Crippen LogP contribution in [0.1, 0.15) is 12.8 Å². The lowest BCUT2D eigenvalue weighted by atomic mass is 9.95. The van der Waals surface area contributed by atoms with Gasteiger partial charge in [-0.1, -0.05) is 18.2 Å². The second kappa shape index (κ2) is 7.20. The predicted molar refractivity (Wildman–Crippen MR) is 115 cm³/mol. The van der Waals surface area contributed by atoms with E-state index in [4.69, 9.17) is 0 Å². The van der Waals surface area contributed by atoms with E-state index in [0.29, 0.717) is 0 Å². The second-order valence-corrected chi connectivity index (χ2v) is 8.06. The molecule has 5 nitrogen and oxygen atoms in total. The molecule has 28 heavy (non-hydrogen) atoms. The fourth-order valence-corrected chi connectivity index (χ4v) is 4.53. The SMILES string of the molecule is O=C(Nc1cnc2ccccc2c1)C1CCN(c2ccc3ncsc3c2)CC1. The number of pyridine rings is 1. The van der Waals surface area contributed by atoms with Crippen LogP contribution in [0.4, 0.5) is 11.4 Å². The van der Waals surface area contributed by atoms with Gasteiger partial charge in [0.15, 0.2) is 0 Å². The molecule has 140 valence electrons. The Hall–Kier alpha value is -2.99. The second-order valence-electron chi connectivity index (χ2n) is 7.17. The standard InChI is InChI=1S/C22H20N4OS/c27-22(25-17-11-16-3-1-2-4-19(16)23-13-17)15-7-9-26(10-8-15)18-5-6-20-21(12-18)28-14-24-20/h1-6,11-15H,7-10H2,(H,25,27). The summed E-state index contributed by atoms with van der Waals surface area (Å²) in [5.74, 6) is 0.129. The number of nitrogens with zero attached hydrogens (tertiary/aromatic N) is 3. The molecule has 0 atom stereocenters. The van der Waals surface area contributed by atoms with Crippen LogP contribution in [-0.2, 0) is 4.79 Å². The summed E-state index contributed by atoms with van der Waals surface area (Å²) in [4.78, 5) is 23.8. The monoisotopic (exact) mass is 388 g/mol. The number of hydrogen-bond donors (Lipinski definition) is 1. The number of rotatable bonds is 3. The topological polar surface area (TPSA) is 58.1 Å². The minimum absolute atomic E-state index is 0.0369. The molecule has 0 bridgehead atoms. The van der Waals surface area contributed by atoms with Crippen molar-refractivity contribution in [2.75, 3.05) is 23.3 Å². The summed E-state index contributed by atoms with van der Waals surface area (Å²) in [6.45, 7) is 1.77. The average molecular weight is 388 g/mol. The highest BCUT2D eigenvalue weighted by atomic mass is 32.1. The molecule has 2 aromatic carbocycles. The molecule has 1 N–H and O–H groups in total. The summed E-state index contributed by atoms with van der Waals surface area (Å²) in [6.07, 6.45) is 3.45. The third-order valence-corrected chi connectivity index (χ3v) is 6.20. The van der Waals surface area contributed by atoms with Crippen LogP contribution in [0, 0.1) is 5.92 Å². The number of fused-ring (bicyclic) bond motifs is 2. The van der Waals surface area contributed by atoms with Crippen LogP contribution in [0.25, 0.3) is 21.1 Å². The first kappa shape index (κ1) is 17.1. The number of thiazole rings is 1. The molecule has 0 saturated carbocycles. The van der Waals surface area contributed by atoms with Crippen LogP contribution in [0.3, 0.4) is 0 Å². The Labute approximate surface area is 167 Å². The highest BCUT2D eigenvalue weighted by Gasteiger charge is 2.25. The van der Waals surface area contributed by atoms with Gasteiger partial charge in [0.1, 0.15) is 0 Å². The van der Waals surface area contributed by atoms with Crippen molar-refractivity contribution in [2.45, 2.75) is 12.8 Å². The number of piperidine rings is 1. The fraction of sp³-hybridized carbons (Fsp3) is 0.227. The van der Waals surface area contributed by atoms with E-state index in [1.807, 2.05) is 35.8 Å². The maximum atomic E-state index is 12.7. The Morgan fingerprint density at radius 3 is 2.79 bits per heavy atom. The van der Waals surface area contributed by atoms with Crippen LogP contribution in [0.2, 0.25) is 0 Å². The van der Waals surface area contributed by atoms with Crippen molar-refractivity contribution in [3.8, 4) is 0 Å². The van der Waals surface area contributed by atoms with Crippen LogP contribution in [0.15, 0.2) is 60.2 Å².